The van der Waals surface area contributed by atoms with Crippen LogP contribution in [-0.4, -0.2) is 66.0 Å². The lowest BCUT2D eigenvalue weighted by Gasteiger charge is -2.34. The number of benzene rings is 2. The van der Waals surface area contributed by atoms with Crippen molar-refractivity contribution in [3.63, 3.8) is 0 Å². The van der Waals surface area contributed by atoms with Gasteiger partial charge in [-0.25, -0.2) is 18.0 Å². The van der Waals surface area contributed by atoms with Gasteiger partial charge < -0.3 is 10.2 Å². The number of nitrogens with zero attached hydrogens (tertiary/aromatic N) is 2. The highest BCUT2D eigenvalue weighted by atomic mass is 79.9. The van der Waals surface area contributed by atoms with Gasteiger partial charge in [-0.2, -0.15) is 4.31 Å². The fourth-order valence-electron chi connectivity index (χ4n) is 2.76. The van der Waals surface area contributed by atoms with Crippen molar-refractivity contribution in [1.82, 2.24) is 9.21 Å². The number of halogens is 1. The molecule has 1 heterocycles. The molecular formula is C19H21BrN2O6S. The Hall–Kier alpha value is -2.27. The Bertz CT molecular complexity index is 932. The smallest absolute Gasteiger partial charge is 0.414 e. The van der Waals surface area contributed by atoms with Crippen molar-refractivity contribution in [2.24, 2.45) is 0 Å². The highest BCUT2D eigenvalue weighted by Gasteiger charge is 2.28. The lowest BCUT2D eigenvalue weighted by Crippen LogP contribution is -2.48. The maximum Gasteiger partial charge on any atom is 0.414 e. The van der Waals surface area contributed by atoms with Crippen molar-refractivity contribution in [1.29, 1.82) is 0 Å². The summed E-state index contributed by atoms with van der Waals surface area (Å²) in [5.74, 6) is -3.65. The van der Waals surface area contributed by atoms with Crippen LogP contribution in [0.4, 0.5) is 0 Å². The predicted molar refractivity (Wildman–Crippen MR) is 110 cm³/mol. The molecule has 156 valence electrons. The second kappa shape index (κ2) is 10.5. The lowest BCUT2D eigenvalue weighted by atomic mass is 10.2. The van der Waals surface area contributed by atoms with E-state index in [1.807, 2.05) is 18.2 Å². The van der Waals surface area contributed by atoms with Gasteiger partial charge in [0.2, 0.25) is 10.0 Å². The molecule has 29 heavy (non-hydrogen) atoms. The Labute approximate surface area is 177 Å². The van der Waals surface area contributed by atoms with Crippen molar-refractivity contribution in [2.45, 2.75) is 11.4 Å². The van der Waals surface area contributed by atoms with Gasteiger partial charge in [0.1, 0.15) is 0 Å². The molecule has 0 aromatic heterocycles. The molecule has 2 N–H and O–H groups in total. The highest BCUT2D eigenvalue weighted by molar-refractivity contribution is 9.10. The first-order valence-electron chi connectivity index (χ1n) is 8.68. The third-order valence-electron chi connectivity index (χ3n) is 4.19. The number of piperazine rings is 1. The standard InChI is InChI=1S/C17H19BrN2O2S.C2H2O4/c18-16-6-4-5-15(13-16)14-19-9-11-20(12-10-19)23(21,22)17-7-2-1-3-8-17;3-1(4)2(5)6/h1-8,13H,9-12,14H2;(H,3,4)(H,5,6). The van der Waals surface area contributed by atoms with E-state index >= 15 is 0 Å². The first-order chi connectivity index (χ1) is 13.7. The molecule has 0 spiro atoms. The van der Waals surface area contributed by atoms with Crippen LogP contribution in [0.25, 0.3) is 0 Å². The monoisotopic (exact) mass is 484 g/mol. The Morgan fingerprint density at radius 2 is 1.48 bits per heavy atom. The summed E-state index contributed by atoms with van der Waals surface area (Å²) in [7, 11) is -3.37. The van der Waals surface area contributed by atoms with Crippen LogP contribution in [-0.2, 0) is 26.2 Å². The zero-order valence-electron chi connectivity index (χ0n) is 15.4. The van der Waals surface area contributed by atoms with Gasteiger partial charge in [-0.15, -0.1) is 0 Å². The van der Waals surface area contributed by atoms with Crippen LogP contribution in [0, 0.1) is 0 Å². The molecule has 0 aliphatic carbocycles. The Morgan fingerprint density at radius 3 is 2.00 bits per heavy atom. The second-order valence-electron chi connectivity index (χ2n) is 6.23. The average molecular weight is 485 g/mol. The molecule has 0 bridgehead atoms. The van der Waals surface area contributed by atoms with E-state index in [0.717, 1.165) is 24.1 Å². The van der Waals surface area contributed by atoms with Gasteiger partial charge >= 0.3 is 11.9 Å². The SMILES string of the molecule is O=C(O)C(=O)O.O=S(=O)(c1ccccc1)N1CCN(Cc2cccc(Br)c2)CC1. The molecule has 0 amide bonds. The summed E-state index contributed by atoms with van der Waals surface area (Å²) in [5, 5.41) is 14.8. The minimum absolute atomic E-state index is 0.375. The van der Waals surface area contributed by atoms with Crippen molar-refractivity contribution in [3.8, 4) is 0 Å². The van der Waals surface area contributed by atoms with Crippen LogP contribution in [0.5, 0.6) is 0 Å². The normalized spacial score (nSPS) is 15.2. The van der Waals surface area contributed by atoms with Crippen molar-refractivity contribution >= 4 is 37.9 Å². The van der Waals surface area contributed by atoms with Gasteiger partial charge in [-0.3, -0.25) is 4.90 Å². The number of rotatable bonds is 4. The van der Waals surface area contributed by atoms with Crippen molar-refractivity contribution < 1.29 is 28.2 Å². The molecule has 10 heteroatoms. The highest BCUT2D eigenvalue weighted by Crippen LogP contribution is 2.19. The third kappa shape index (κ3) is 6.93. The minimum Gasteiger partial charge on any atom is -0.473 e. The number of aliphatic carboxylic acids is 2. The molecule has 2 aromatic rings. The molecule has 1 saturated heterocycles. The van der Waals surface area contributed by atoms with Gasteiger partial charge in [0.25, 0.3) is 0 Å². The number of hydrogen-bond donors (Lipinski definition) is 2. The molecule has 1 aliphatic rings. The summed E-state index contributed by atoms with van der Waals surface area (Å²) in [6.45, 7) is 3.41. The van der Waals surface area contributed by atoms with Crippen LogP contribution in [0.1, 0.15) is 5.56 Å². The average Bonchev–Trinajstić information content (AvgIpc) is 2.69. The first kappa shape index (κ1) is 23.0. The fourth-order valence-corrected chi connectivity index (χ4v) is 4.65. The molecule has 3 rings (SSSR count). The third-order valence-corrected chi connectivity index (χ3v) is 6.60. The summed E-state index contributed by atoms with van der Waals surface area (Å²) < 4.78 is 27.8. The van der Waals surface area contributed by atoms with Crippen LogP contribution < -0.4 is 0 Å². The number of sulfonamides is 1. The molecule has 1 fully saturated rings. The fraction of sp³-hybridized carbons (Fsp3) is 0.263. The molecule has 8 nitrogen and oxygen atoms in total. The van der Waals surface area contributed by atoms with Crippen LogP contribution in [0.15, 0.2) is 64.0 Å². The largest absolute Gasteiger partial charge is 0.473 e. The van der Waals surface area contributed by atoms with Gasteiger partial charge in [-0.05, 0) is 29.8 Å². The van der Waals surface area contributed by atoms with Gasteiger partial charge in [-0.1, -0.05) is 46.3 Å². The zero-order valence-corrected chi connectivity index (χ0v) is 17.8. The van der Waals surface area contributed by atoms with Crippen molar-refractivity contribution in [3.05, 3.63) is 64.6 Å². The molecule has 2 aromatic carbocycles. The molecular weight excluding hydrogens is 464 g/mol. The summed E-state index contributed by atoms with van der Waals surface area (Å²) in [5.41, 5.74) is 1.23. The molecule has 0 atom stereocenters. The van der Waals surface area contributed by atoms with E-state index in [-0.39, 0.29) is 0 Å². The topological polar surface area (TPSA) is 115 Å². The zero-order chi connectivity index (χ0) is 21.4. The van der Waals surface area contributed by atoms with E-state index in [1.165, 1.54) is 5.56 Å². The van der Waals surface area contributed by atoms with Crippen LogP contribution in [0.2, 0.25) is 0 Å². The molecule has 0 unspecified atom stereocenters. The summed E-state index contributed by atoms with van der Waals surface area (Å²) in [4.78, 5) is 20.9. The number of carbonyl (C=O) groups is 2. The first-order valence-corrected chi connectivity index (χ1v) is 10.9. The maximum absolute atomic E-state index is 12.6. The van der Waals surface area contributed by atoms with E-state index < -0.39 is 22.0 Å². The minimum atomic E-state index is -3.37. The van der Waals surface area contributed by atoms with Crippen LogP contribution >= 0.6 is 15.9 Å². The van der Waals surface area contributed by atoms with Gasteiger partial charge in [0.15, 0.2) is 0 Å². The summed E-state index contributed by atoms with van der Waals surface area (Å²) >= 11 is 3.48. The van der Waals surface area contributed by atoms with E-state index in [1.54, 1.807) is 28.6 Å². The molecule has 0 radical (unpaired) electrons. The molecule has 0 saturated carbocycles. The van der Waals surface area contributed by atoms with Crippen molar-refractivity contribution in [2.75, 3.05) is 26.2 Å². The van der Waals surface area contributed by atoms with E-state index in [2.05, 4.69) is 33.0 Å². The lowest BCUT2D eigenvalue weighted by molar-refractivity contribution is -0.159. The number of hydrogen-bond acceptors (Lipinski definition) is 5. The molecule has 1 aliphatic heterocycles. The quantitative estimate of drug-likeness (QED) is 0.638. The Kier molecular flexibility index (Phi) is 8.32. The summed E-state index contributed by atoms with van der Waals surface area (Å²) in [6.07, 6.45) is 0. The second-order valence-corrected chi connectivity index (χ2v) is 9.09. The summed E-state index contributed by atoms with van der Waals surface area (Å²) in [6, 6.07) is 16.9. The van der Waals surface area contributed by atoms with E-state index in [0.29, 0.717) is 18.0 Å². The van der Waals surface area contributed by atoms with E-state index in [9.17, 15) is 8.42 Å². The maximum atomic E-state index is 12.6. The van der Waals surface area contributed by atoms with Gasteiger partial charge in [0, 0.05) is 37.2 Å². The van der Waals surface area contributed by atoms with Crippen LogP contribution in [0.3, 0.4) is 0 Å². The number of carboxylic acids is 2. The van der Waals surface area contributed by atoms with E-state index in [4.69, 9.17) is 19.8 Å². The Morgan fingerprint density at radius 1 is 0.897 bits per heavy atom. The van der Waals surface area contributed by atoms with Gasteiger partial charge in [0.05, 0.1) is 4.90 Å². The predicted octanol–water partition coefficient (Wildman–Crippen LogP) is 2.11. The number of carboxylic acid groups (broad SMARTS) is 2. The Balaban J connectivity index is 0.000000438.